The van der Waals surface area contributed by atoms with Gasteiger partial charge in [-0.25, -0.2) is 17.6 Å². The van der Waals surface area contributed by atoms with E-state index in [0.29, 0.717) is 36.1 Å². The minimum Gasteiger partial charge on any atom is -0.207 e. The van der Waals surface area contributed by atoms with Crippen LogP contribution in [-0.4, -0.2) is 6.18 Å². The van der Waals surface area contributed by atoms with E-state index in [2.05, 4.69) is 6.92 Å². The Morgan fingerprint density at radius 1 is 0.763 bits per heavy atom. The summed E-state index contributed by atoms with van der Waals surface area (Å²) in [6.07, 6.45) is 0.704. The third-order valence-corrected chi connectivity index (χ3v) is 8.19. The Morgan fingerprint density at radius 2 is 1.39 bits per heavy atom. The topological polar surface area (TPSA) is 0 Å². The fraction of sp³-hybridized carbons (Fsp3) is 0.419. The van der Waals surface area contributed by atoms with E-state index in [0.717, 1.165) is 37.2 Å². The predicted octanol–water partition coefficient (Wildman–Crippen LogP) is 10.4. The second-order valence-electron chi connectivity index (χ2n) is 10.5. The van der Waals surface area contributed by atoms with E-state index in [1.165, 1.54) is 24.6 Å². The van der Waals surface area contributed by atoms with E-state index in [-0.39, 0.29) is 16.9 Å². The molecule has 3 aromatic rings. The maximum absolute atomic E-state index is 15.1. The van der Waals surface area contributed by atoms with Crippen LogP contribution in [0.15, 0.2) is 48.5 Å². The van der Waals surface area contributed by atoms with Crippen LogP contribution in [0.2, 0.25) is 0 Å². The van der Waals surface area contributed by atoms with Crippen LogP contribution in [-0.2, 0) is 0 Å². The zero-order valence-electron chi connectivity index (χ0n) is 21.6. The first kappa shape index (κ1) is 28.2. The van der Waals surface area contributed by atoms with Crippen LogP contribution in [0.5, 0.6) is 0 Å². The van der Waals surface area contributed by atoms with Crippen molar-refractivity contribution < 1.29 is 30.7 Å². The highest BCUT2D eigenvalue weighted by Gasteiger charge is 2.40. The lowest BCUT2D eigenvalue weighted by Crippen LogP contribution is -2.20. The van der Waals surface area contributed by atoms with E-state index >= 15 is 8.78 Å². The van der Waals surface area contributed by atoms with Gasteiger partial charge in [-0.2, -0.15) is 13.2 Å². The van der Waals surface area contributed by atoms with Crippen molar-refractivity contribution in [3.05, 3.63) is 94.1 Å². The van der Waals surface area contributed by atoms with Crippen LogP contribution in [0, 0.1) is 29.2 Å². The summed E-state index contributed by atoms with van der Waals surface area (Å²) in [5, 5.41) is 0. The maximum Gasteiger partial charge on any atom is 0.395 e. The molecule has 0 radical (unpaired) electrons. The lowest BCUT2D eigenvalue weighted by molar-refractivity contribution is -0.147. The summed E-state index contributed by atoms with van der Waals surface area (Å²) in [6.45, 7) is 4.60. The van der Waals surface area contributed by atoms with Crippen molar-refractivity contribution in [1.29, 1.82) is 0 Å². The molecule has 3 aromatic carbocycles. The molecule has 0 nitrogen and oxygen atoms in total. The van der Waals surface area contributed by atoms with Gasteiger partial charge >= 0.3 is 6.18 Å². The summed E-state index contributed by atoms with van der Waals surface area (Å²) in [4.78, 5) is 0. The molecule has 2 atom stereocenters. The Labute approximate surface area is 218 Å². The molecule has 2 unspecified atom stereocenters. The van der Waals surface area contributed by atoms with Crippen molar-refractivity contribution in [2.24, 2.45) is 5.92 Å². The van der Waals surface area contributed by atoms with Crippen LogP contribution in [0.25, 0.3) is 11.1 Å². The van der Waals surface area contributed by atoms with Crippen molar-refractivity contribution in [1.82, 2.24) is 0 Å². The summed E-state index contributed by atoms with van der Waals surface area (Å²) < 4.78 is 98.2. The standard InChI is InChI=1S/C31H31F7/c1-4-19-5-7-20(8-6-19)22-10-11-24(26(32)14-22)17(2)21-9-12-25(27(33)13-21)23-15-28(34)30(29(35)16-23)18(3)31(36,37)38/h9-20H,4-8H2,1-3H3. The normalized spacial score (nSPS) is 19.8. The van der Waals surface area contributed by atoms with Crippen molar-refractivity contribution in [3.8, 4) is 11.1 Å². The molecule has 0 N–H and O–H groups in total. The van der Waals surface area contributed by atoms with Gasteiger partial charge in [0.1, 0.15) is 23.3 Å². The zero-order chi connectivity index (χ0) is 27.8. The predicted molar refractivity (Wildman–Crippen MR) is 135 cm³/mol. The molecule has 0 heterocycles. The molecule has 1 fully saturated rings. The molecule has 0 saturated heterocycles. The van der Waals surface area contributed by atoms with Gasteiger partial charge in [-0.15, -0.1) is 0 Å². The van der Waals surface area contributed by atoms with Crippen LogP contribution >= 0.6 is 0 Å². The molecule has 0 spiro atoms. The van der Waals surface area contributed by atoms with E-state index in [4.69, 9.17) is 0 Å². The second kappa shape index (κ2) is 11.1. The SMILES string of the molecule is CCC1CCC(c2ccc(C(C)c3ccc(-c4cc(F)c(C(C)C(F)(F)F)c(F)c4)c(F)c3)c(F)c2)CC1. The average Bonchev–Trinajstić information content (AvgIpc) is 2.87. The van der Waals surface area contributed by atoms with Gasteiger partial charge in [0, 0.05) is 17.0 Å². The third kappa shape index (κ3) is 5.76. The Hall–Kier alpha value is -2.83. The molecule has 0 aliphatic heterocycles. The number of halogens is 7. The Kier molecular flexibility index (Phi) is 8.24. The van der Waals surface area contributed by atoms with Gasteiger partial charge in [-0.3, -0.25) is 0 Å². The summed E-state index contributed by atoms with van der Waals surface area (Å²) in [5.74, 6) is -5.74. The first-order valence-corrected chi connectivity index (χ1v) is 13.1. The molecule has 4 rings (SSSR count). The monoisotopic (exact) mass is 536 g/mol. The molecular weight excluding hydrogens is 505 g/mol. The molecule has 1 aliphatic rings. The van der Waals surface area contributed by atoms with Gasteiger partial charge < -0.3 is 0 Å². The number of benzene rings is 3. The van der Waals surface area contributed by atoms with E-state index in [1.54, 1.807) is 19.1 Å². The van der Waals surface area contributed by atoms with Crippen LogP contribution in [0.1, 0.15) is 92.9 Å². The minimum absolute atomic E-state index is 0.163. The highest BCUT2D eigenvalue weighted by Crippen LogP contribution is 2.40. The Balaban J connectivity index is 1.56. The highest BCUT2D eigenvalue weighted by molar-refractivity contribution is 5.65. The molecule has 7 heteroatoms. The van der Waals surface area contributed by atoms with Crippen molar-refractivity contribution >= 4 is 0 Å². The van der Waals surface area contributed by atoms with Crippen molar-refractivity contribution in [2.45, 2.75) is 76.8 Å². The number of hydrogen-bond donors (Lipinski definition) is 0. The smallest absolute Gasteiger partial charge is 0.207 e. The van der Waals surface area contributed by atoms with Crippen molar-refractivity contribution in [2.75, 3.05) is 0 Å². The highest BCUT2D eigenvalue weighted by atomic mass is 19.4. The first-order valence-electron chi connectivity index (χ1n) is 13.1. The largest absolute Gasteiger partial charge is 0.395 e. The fourth-order valence-electron chi connectivity index (χ4n) is 5.58. The molecule has 1 aliphatic carbocycles. The number of rotatable bonds is 6. The quantitative estimate of drug-likeness (QED) is 0.275. The third-order valence-electron chi connectivity index (χ3n) is 8.19. The molecule has 204 valence electrons. The fourth-order valence-corrected chi connectivity index (χ4v) is 5.58. The Bertz CT molecular complexity index is 1260. The van der Waals surface area contributed by atoms with Crippen LogP contribution < -0.4 is 0 Å². The molecule has 1 saturated carbocycles. The summed E-state index contributed by atoms with van der Waals surface area (Å²) >= 11 is 0. The van der Waals surface area contributed by atoms with Crippen LogP contribution in [0.3, 0.4) is 0 Å². The van der Waals surface area contributed by atoms with E-state index in [9.17, 15) is 22.0 Å². The van der Waals surface area contributed by atoms with Gasteiger partial charge in [0.05, 0.1) is 5.92 Å². The van der Waals surface area contributed by atoms with Gasteiger partial charge in [0.2, 0.25) is 0 Å². The lowest BCUT2D eigenvalue weighted by atomic mass is 9.77. The van der Waals surface area contributed by atoms with E-state index in [1.807, 2.05) is 6.07 Å². The lowest BCUT2D eigenvalue weighted by Gasteiger charge is -2.28. The number of alkyl halides is 3. The molecule has 0 bridgehead atoms. The Morgan fingerprint density at radius 3 is 1.92 bits per heavy atom. The summed E-state index contributed by atoms with van der Waals surface area (Å²) in [5.41, 5.74) is 0.355. The molecule has 0 amide bonds. The second-order valence-corrected chi connectivity index (χ2v) is 10.5. The average molecular weight is 537 g/mol. The van der Waals surface area contributed by atoms with Gasteiger partial charge in [-0.05, 0) is 91.0 Å². The maximum atomic E-state index is 15.1. The van der Waals surface area contributed by atoms with Crippen molar-refractivity contribution in [3.63, 3.8) is 0 Å². The van der Waals surface area contributed by atoms with E-state index < -0.39 is 41.0 Å². The molecule has 38 heavy (non-hydrogen) atoms. The van der Waals surface area contributed by atoms with Gasteiger partial charge in [0.25, 0.3) is 0 Å². The minimum atomic E-state index is -4.83. The molecule has 0 aromatic heterocycles. The summed E-state index contributed by atoms with van der Waals surface area (Å²) in [6, 6.07) is 10.7. The van der Waals surface area contributed by atoms with Crippen LogP contribution in [0.4, 0.5) is 30.7 Å². The zero-order valence-corrected chi connectivity index (χ0v) is 21.6. The number of hydrogen-bond acceptors (Lipinski definition) is 0. The van der Waals surface area contributed by atoms with Gasteiger partial charge in [0.15, 0.2) is 0 Å². The van der Waals surface area contributed by atoms with Gasteiger partial charge in [-0.1, -0.05) is 44.5 Å². The molecular formula is C31H31F7. The first-order chi connectivity index (χ1) is 17.9. The summed E-state index contributed by atoms with van der Waals surface area (Å²) in [7, 11) is 0.